The highest BCUT2D eigenvalue weighted by Gasteiger charge is 2.30. The van der Waals surface area contributed by atoms with E-state index in [1.165, 1.54) is 11.1 Å². The summed E-state index contributed by atoms with van der Waals surface area (Å²) in [5, 5.41) is 11.4. The largest absolute Gasteiger partial charge is 0.339 e. The lowest BCUT2D eigenvalue weighted by molar-refractivity contribution is -0.133. The lowest BCUT2D eigenvalue weighted by Crippen LogP contribution is -2.55. The van der Waals surface area contributed by atoms with Gasteiger partial charge in [-0.2, -0.15) is 0 Å². The van der Waals surface area contributed by atoms with Crippen molar-refractivity contribution in [2.45, 2.75) is 50.9 Å². The van der Waals surface area contributed by atoms with Crippen LogP contribution in [0.2, 0.25) is 5.02 Å². The Labute approximate surface area is 266 Å². The molecule has 0 bridgehead atoms. The highest BCUT2D eigenvalue weighted by molar-refractivity contribution is 7.99. The van der Waals surface area contributed by atoms with Gasteiger partial charge in [0.05, 0.1) is 5.52 Å². The number of hydrogen-bond donors (Lipinski definition) is 0. The van der Waals surface area contributed by atoms with E-state index in [1.54, 1.807) is 36.0 Å². The molecule has 0 aliphatic carbocycles. The van der Waals surface area contributed by atoms with Gasteiger partial charge >= 0.3 is 0 Å². The van der Waals surface area contributed by atoms with Gasteiger partial charge in [-0.15, -0.1) is 10.2 Å². The minimum absolute atomic E-state index is 0.0243. The predicted octanol–water partition coefficient (Wildman–Crippen LogP) is 6.63. The summed E-state index contributed by atoms with van der Waals surface area (Å²) in [7, 11) is 0. The Bertz CT molecular complexity index is 1790. The summed E-state index contributed by atoms with van der Waals surface area (Å²) in [6.07, 6.45) is 2.14. The topological polar surface area (TPSA) is 84.2 Å². The van der Waals surface area contributed by atoms with E-state index in [0.29, 0.717) is 48.3 Å². The van der Waals surface area contributed by atoms with Crippen LogP contribution in [0.4, 0.5) is 0 Å². The molecule has 0 spiro atoms. The number of aryl methyl sites for hydroxylation is 1. The fraction of sp³-hybridized carbons (Fsp3) is 0.324. The second-order valence-corrected chi connectivity index (χ2v) is 12.9. The molecular weight excluding hydrogens is 592 g/mol. The Morgan fingerprint density at radius 1 is 0.977 bits per heavy atom. The van der Waals surface area contributed by atoms with Crippen molar-refractivity contribution >= 4 is 57.2 Å². The zero-order valence-corrected chi connectivity index (χ0v) is 26.5. The average Bonchev–Trinajstić information content (AvgIpc) is 3.32. The van der Waals surface area contributed by atoms with E-state index in [4.69, 9.17) is 16.6 Å². The van der Waals surface area contributed by atoms with Crippen LogP contribution in [0, 0.1) is 6.92 Å². The van der Waals surface area contributed by atoms with E-state index in [0.717, 1.165) is 40.7 Å². The molecule has 1 atom stereocenters. The third-order valence-corrected chi connectivity index (χ3v) is 9.31. The molecule has 3 aromatic carbocycles. The Hall–Kier alpha value is -3.95. The van der Waals surface area contributed by atoms with Crippen molar-refractivity contribution in [1.29, 1.82) is 0 Å². The molecule has 2 amide bonds. The molecule has 0 radical (unpaired) electrons. The number of nitrogens with zero attached hydrogens (tertiary/aromatic N) is 6. The number of carbonyl (C=O) groups is 2. The fourth-order valence-corrected chi connectivity index (χ4v) is 6.69. The first-order valence-electron chi connectivity index (χ1n) is 15.0. The molecule has 3 heterocycles. The second-order valence-electron chi connectivity index (χ2n) is 11.4. The van der Waals surface area contributed by atoms with Crippen LogP contribution in [0.1, 0.15) is 47.7 Å². The van der Waals surface area contributed by atoms with Crippen molar-refractivity contribution in [2.24, 2.45) is 0 Å². The van der Waals surface area contributed by atoms with Crippen LogP contribution in [0.15, 0.2) is 78.0 Å². The van der Waals surface area contributed by atoms with Crippen LogP contribution in [-0.4, -0.2) is 72.8 Å². The number of carbonyl (C=O) groups excluding carboxylic acids is 2. The van der Waals surface area contributed by atoms with Gasteiger partial charge < -0.3 is 14.4 Å². The van der Waals surface area contributed by atoms with Crippen molar-refractivity contribution in [3.63, 3.8) is 0 Å². The number of amides is 2. The van der Waals surface area contributed by atoms with Gasteiger partial charge in [-0.1, -0.05) is 65.3 Å². The minimum Gasteiger partial charge on any atom is -0.339 e. The van der Waals surface area contributed by atoms with Gasteiger partial charge in [-0.05, 0) is 68.7 Å². The van der Waals surface area contributed by atoms with Gasteiger partial charge in [0.1, 0.15) is 5.52 Å². The summed E-state index contributed by atoms with van der Waals surface area (Å²) in [5.41, 5.74) is 5.75. The number of hydrogen-bond acceptors (Lipinski definition) is 6. The number of fused-ring (bicyclic) bond motifs is 3. The molecule has 226 valence electrons. The zero-order chi connectivity index (χ0) is 30.6. The van der Waals surface area contributed by atoms with Crippen LogP contribution >= 0.6 is 23.4 Å². The maximum atomic E-state index is 13.0. The Balaban J connectivity index is 1.02. The third kappa shape index (κ3) is 6.59. The van der Waals surface area contributed by atoms with Crippen LogP contribution in [-0.2, 0) is 11.3 Å². The number of unbranched alkanes of at least 4 members (excludes halogenated alkanes) is 1. The molecule has 1 aliphatic rings. The van der Waals surface area contributed by atoms with Crippen molar-refractivity contribution in [3.05, 3.63) is 94.5 Å². The molecular formula is C34H35ClN6O2S. The first kappa shape index (κ1) is 30.1. The van der Waals surface area contributed by atoms with Crippen LogP contribution in [0.3, 0.4) is 0 Å². The third-order valence-electron chi connectivity index (χ3n) is 8.13. The Kier molecular flexibility index (Phi) is 9.14. The Morgan fingerprint density at radius 3 is 2.55 bits per heavy atom. The molecule has 0 saturated carbocycles. The first-order chi connectivity index (χ1) is 21.4. The lowest BCUT2D eigenvalue weighted by Gasteiger charge is -2.40. The molecule has 2 aromatic heterocycles. The molecule has 10 heteroatoms. The quantitative estimate of drug-likeness (QED) is 0.135. The number of thioether (sulfide) groups is 1. The number of benzene rings is 3. The van der Waals surface area contributed by atoms with Gasteiger partial charge in [-0.3, -0.25) is 9.59 Å². The van der Waals surface area contributed by atoms with Crippen LogP contribution < -0.4 is 0 Å². The fourth-order valence-electron chi connectivity index (χ4n) is 5.79. The van der Waals surface area contributed by atoms with Crippen LogP contribution in [0.25, 0.3) is 22.1 Å². The minimum atomic E-state index is -0.0487. The van der Waals surface area contributed by atoms with Crippen molar-refractivity contribution in [3.8, 4) is 0 Å². The standard InChI is InChI=1S/C34H35ClN6O2S/c1-23-11-16-29-28(20-23)31-32(41(29)22-25-8-4-3-5-9-25)36-34(38-37-31)44-19-7-6-10-30(42)39-17-18-40(24(2)21-39)33(43)26-12-14-27(35)15-13-26/h3-5,8-9,11-16,20,24H,6-7,10,17-19,21-22H2,1-2H3. The van der Waals surface area contributed by atoms with Gasteiger partial charge in [0, 0.05) is 60.4 Å². The molecule has 8 nitrogen and oxygen atoms in total. The highest BCUT2D eigenvalue weighted by atomic mass is 35.5. The maximum absolute atomic E-state index is 13.0. The van der Waals surface area contributed by atoms with Gasteiger partial charge in [0.25, 0.3) is 5.91 Å². The number of rotatable bonds is 9. The van der Waals surface area contributed by atoms with E-state index in [2.05, 4.69) is 64.2 Å². The van der Waals surface area contributed by atoms with Crippen LogP contribution in [0.5, 0.6) is 0 Å². The highest BCUT2D eigenvalue weighted by Crippen LogP contribution is 2.29. The molecule has 44 heavy (non-hydrogen) atoms. The molecule has 1 unspecified atom stereocenters. The molecule has 1 fully saturated rings. The Morgan fingerprint density at radius 2 is 1.77 bits per heavy atom. The first-order valence-corrected chi connectivity index (χ1v) is 16.4. The molecule has 1 saturated heterocycles. The SMILES string of the molecule is Cc1ccc2c(c1)c1nnc(SCCCCC(=O)N3CCN(C(=O)c4ccc(Cl)cc4)C(C)C3)nc1n2Cc1ccccc1. The molecule has 6 rings (SSSR count). The van der Waals surface area contributed by atoms with E-state index in [-0.39, 0.29) is 17.9 Å². The van der Waals surface area contributed by atoms with E-state index in [1.807, 2.05) is 22.8 Å². The molecule has 1 aliphatic heterocycles. The van der Waals surface area contributed by atoms with Crippen molar-refractivity contribution in [1.82, 2.24) is 29.5 Å². The monoisotopic (exact) mass is 626 g/mol. The van der Waals surface area contributed by atoms with Gasteiger partial charge in [0.2, 0.25) is 11.1 Å². The molecule has 5 aromatic rings. The summed E-state index contributed by atoms with van der Waals surface area (Å²) >= 11 is 7.54. The zero-order valence-electron chi connectivity index (χ0n) is 24.9. The lowest BCUT2D eigenvalue weighted by atomic mass is 10.1. The van der Waals surface area contributed by atoms with E-state index >= 15 is 0 Å². The molecule has 0 N–H and O–H groups in total. The summed E-state index contributed by atoms with van der Waals surface area (Å²) in [4.78, 5) is 34.6. The number of halogens is 1. The summed E-state index contributed by atoms with van der Waals surface area (Å²) in [5.74, 6) is 0.919. The second kappa shape index (κ2) is 13.4. The summed E-state index contributed by atoms with van der Waals surface area (Å²) in [6, 6.07) is 23.7. The number of piperazine rings is 1. The normalized spacial score (nSPS) is 15.3. The average molecular weight is 627 g/mol. The van der Waals surface area contributed by atoms with E-state index < -0.39 is 0 Å². The smallest absolute Gasteiger partial charge is 0.254 e. The van der Waals surface area contributed by atoms with E-state index in [9.17, 15) is 9.59 Å². The predicted molar refractivity (Wildman–Crippen MR) is 176 cm³/mol. The van der Waals surface area contributed by atoms with Gasteiger partial charge in [-0.25, -0.2) is 4.98 Å². The van der Waals surface area contributed by atoms with Gasteiger partial charge in [0.15, 0.2) is 5.65 Å². The van der Waals surface area contributed by atoms with Crippen molar-refractivity contribution < 1.29 is 9.59 Å². The van der Waals surface area contributed by atoms with Crippen molar-refractivity contribution in [2.75, 3.05) is 25.4 Å². The summed E-state index contributed by atoms with van der Waals surface area (Å²) in [6.45, 7) is 6.40. The maximum Gasteiger partial charge on any atom is 0.254 e. The summed E-state index contributed by atoms with van der Waals surface area (Å²) < 4.78 is 2.22. The number of aromatic nitrogens is 4.